The Balaban J connectivity index is 2.03. The predicted octanol–water partition coefficient (Wildman–Crippen LogP) is 2.73. The SMILES string of the molecule is CC(C)(C)OC(=O)N1CC(B2OC(C)(C)C(C)(C)O2)=CCO1. The van der Waals surface area contributed by atoms with Crippen LogP contribution in [0.3, 0.4) is 0 Å². The molecular weight excluding hydrogens is 285 g/mol. The largest absolute Gasteiger partial charge is 0.492 e. The molecule has 124 valence electrons. The minimum absolute atomic E-state index is 0.270. The second-order valence-corrected chi connectivity index (χ2v) is 7.68. The maximum atomic E-state index is 12.1. The molecule has 0 unspecified atom stereocenters. The molecule has 0 aliphatic carbocycles. The number of amides is 1. The lowest BCUT2D eigenvalue weighted by molar-refractivity contribution is -0.137. The van der Waals surface area contributed by atoms with Crippen molar-refractivity contribution in [2.75, 3.05) is 13.2 Å². The van der Waals surface area contributed by atoms with Crippen LogP contribution >= 0.6 is 0 Å². The summed E-state index contributed by atoms with van der Waals surface area (Å²) in [5.74, 6) is 0. The second-order valence-electron chi connectivity index (χ2n) is 7.68. The van der Waals surface area contributed by atoms with E-state index in [1.165, 1.54) is 5.06 Å². The van der Waals surface area contributed by atoms with Crippen LogP contribution in [0.15, 0.2) is 11.5 Å². The Bertz CT molecular complexity index is 465. The summed E-state index contributed by atoms with van der Waals surface area (Å²) < 4.78 is 17.3. The molecule has 2 heterocycles. The Morgan fingerprint density at radius 1 is 1.23 bits per heavy atom. The molecule has 7 heteroatoms. The predicted molar refractivity (Wildman–Crippen MR) is 83.1 cm³/mol. The molecule has 0 aromatic rings. The van der Waals surface area contributed by atoms with E-state index in [2.05, 4.69) is 0 Å². The molecule has 2 rings (SSSR count). The first kappa shape index (κ1) is 17.3. The number of hydroxylamine groups is 2. The summed E-state index contributed by atoms with van der Waals surface area (Å²) in [5, 5.41) is 1.21. The average Bonchev–Trinajstić information content (AvgIpc) is 2.57. The molecule has 0 atom stereocenters. The molecule has 1 saturated heterocycles. The van der Waals surface area contributed by atoms with E-state index in [4.69, 9.17) is 18.9 Å². The third kappa shape index (κ3) is 3.64. The highest BCUT2D eigenvalue weighted by molar-refractivity contribution is 6.54. The van der Waals surface area contributed by atoms with E-state index in [0.717, 1.165) is 5.47 Å². The number of hydrogen-bond acceptors (Lipinski definition) is 5. The van der Waals surface area contributed by atoms with Crippen molar-refractivity contribution in [1.29, 1.82) is 0 Å². The van der Waals surface area contributed by atoms with Crippen LogP contribution in [0.25, 0.3) is 0 Å². The van der Waals surface area contributed by atoms with E-state index in [0.29, 0.717) is 6.61 Å². The zero-order chi connectivity index (χ0) is 16.8. The Hall–Kier alpha value is -1.05. The fraction of sp³-hybridized carbons (Fsp3) is 0.800. The maximum Gasteiger partial charge on any atom is 0.492 e. The van der Waals surface area contributed by atoms with E-state index < -0.39 is 30.0 Å². The number of carbonyl (C=O) groups is 1. The Labute approximate surface area is 132 Å². The number of carbonyl (C=O) groups excluding carboxylic acids is 1. The zero-order valence-electron chi connectivity index (χ0n) is 14.6. The van der Waals surface area contributed by atoms with Gasteiger partial charge in [0.2, 0.25) is 0 Å². The molecule has 0 bridgehead atoms. The molecule has 0 spiro atoms. The summed E-state index contributed by atoms with van der Waals surface area (Å²) in [6.45, 7) is 14.0. The van der Waals surface area contributed by atoms with E-state index in [9.17, 15) is 4.79 Å². The van der Waals surface area contributed by atoms with Crippen molar-refractivity contribution in [3.05, 3.63) is 11.5 Å². The molecule has 0 aromatic heterocycles. The zero-order valence-corrected chi connectivity index (χ0v) is 14.6. The number of rotatable bonds is 1. The van der Waals surface area contributed by atoms with Crippen LogP contribution in [-0.4, -0.2) is 48.2 Å². The monoisotopic (exact) mass is 311 g/mol. The van der Waals surface area contributed by atoms with Gasteiger partial charge in [-0.2, -0.15) is 5.06 Å². The summed E-state index contributed by atoms with van der Waals surface area (Å²) >= 11 is 0. The van der Waals surface area contributed by atoms with Crippen molar-refractivity contribution < 1.29 is 23.7 Å². The highest BCUT2D eigenvalue weighted by Crippen LogP contribution is 2.39. The van der Waals surface area contributed by atoms with Gasteiger partial charge in [-0.1, -0.05) is 6.08 Å². The van der Waals surface area contributed by atoms with Crippen LogP contribution < -0.4 is 0 Å². The molecule has 0 N–H and O–H groups in total. The van der Waals surface area contributed by atoms with Crippen molar-refractivity contribution >= 4 is 13.2 Å². The van der Waals surface area contributed by atoms with Gasteiger partial charge in [-0.3, -0.25) is 4.84 Å². The Kier molecular flexibility index (Phi) is 4.36. The first-order valence-electron chi connectivity index (χ1n) is 7.59. The summed E-state index contributed by atoms with van der Waals surface area (Å²) in [4.78, 5) is 17.4. The number of nitrogens with zero attached hydrogens (tertiary/aromatic N) is 1. The molecule has 1 amide bonds. The fourth-order valence-electron chi connectivity index (χ4n) is 2.11. The van der Waals surface area contributed by atoms with E-state index in [-0.39, 0.29) is 6.54 Å². The minimum atomic E-state index is -0.563. The molecule has 0 saturated carbocycles. The maximum absolute atomic E-state index is 12.1. The third-order valence-corrected chi connectivity index (χ3v) is 4.06. The van der Waals surface area contributed by atoms with Gasteiger partial charge in [0.1, 0.15) is 5.60 Å². The normalized spacial score (nSPS) is 24.2. The highest BCUT2D eigenvalue weighted by Gasteiger charge is 2.53. The summed E-state index contributed by atoms with van der Waals surface area (Å²) in [7, 11) is -0.473. The molecule has 0 radical (unpaired) electrons. The van der Waals surface area contributed by atoms with Crippen molar-refractivity contribution in [3.8, 4) is 0 Å². The lowest BCUT2D eigenvalue weighted by atomic mass is 9.77. The van der Waals surface area contributed by atoms with Crippen molar-refractivity contribution in [2.24, 2.45) is 0 Å². The number of ether oxygens (including phenoxy) is 1. The topological polar surface area (TPSA) is 57.2 Å². The standard InChI is InChI=1S/C15H26BNO5/c1-13(2,3)20-12(18)17-10-11(8-9-19-17)16-21-14(4,5)15(6,7)22-16/h8H,9-10H2,1-7H3. The number of hydrogen-bond donors (Lipinski definition) is 0. The van der Waals surface area contributed by atoms with Gasteiger partial charge in [-0.15, -0.1) is 0 Å². The summed E-state index contributed by atoms with van der Waals surface area (Å²) in [5.41, 5.74) is -0.511. The van der Waals surface area contributed by atoms with E-state index in [1.54, 1.807) is 0 Å². The molecule has 0 aromatic carbocycles. The summed E-state index contributed by atoms with van der Waals surface area (Å²) in [6.07, 6.45) is 1.39. The van der Waals surface area contributed by atoms with Gasteiger partial charge >= 0.3 is 13.2 Å². The quantitative estimate of drug-likeness (QED) is 0.697. The van der Waals surface area contributed by atoms with Crippen LogP contribution in [0, 0.1) is 0 Å². The van der Waals surface area contributed by atoms with Crippen molar-refractivity contribution in [1.82, 2.24) is 5.06 Å². The van der Waals surface area contributed by atoms with Crippen molar-refractivity contribution in [3.63, 3.8) is 0 Å². The van der Waals surface area contributed by atoms with Gasteiger partial charge in [0.05, 0.1) is 24.4 Å². The van der Waals surface area contributed by atoms with Crippen LogP contribution in [0.1, 0.15) is 48.5 Å². The van der Waals surface area contributed by atoms with Gasteiger partial charge < -0.3 is 14.0 Å². The molecule has 2 aliphatic heterocycles. The van der Waals surface area contributed by atoms with Crippen LogP contribution in [-0.2, 0) is 18.9 Å². The van der Waals surface area contributed by atoms with Gasteiger partial charge in [-0.25, -0.2) is 4.79 Å². The first-order chi connectivity index (χ1) is 9.91. The van der Waals surface area contributed by atoms with Crippen LogP contribution in [0.4, 0.5) is 4.79 Å². The molecule has 1 fully saturated rings. The fourth-order valence-corrected chi connectivity index (χ4v) is 2.11. The van der Waals surface area contributed by atoms with E-state index >= 15 is 0 Å². The Morgan fingerprint density at radius 3 is 2.27 bits per heavy atom. The molecular formula is C15H26BNO5. The summed E-state index contributed by atoms with van der Waals surface area (Å²) in [6, 6.07) is 0. The van der Waals surface area contributed by atoms with Gasteiger partial charge in [0.25, 0.3) is 0 Å². The molecule has 6 nitrogen and oxygen atoms in total. The second kappa shape index (κ2) is 5.55. The van der Waals surface area contributed by atoms with E-state index in [1.807, 2.05) is 54.5 Å². The van der Waals surface area contributed by atoms with Gasteiger partial charge in [0.15, 0.2) is 0 Å². The lowest BCUT2D eigenvalue weighted by Crippen LogP contribution is -2.42. The average molecular weight is 311 g/mol. The van der Waals surface area contributed by atoms with Crippen LogP contribution in [0.5, 0.6) is 0 Å². The third-order valence-electron chi connectivity index (χ3n) is 4.06. The first-order valence-corrected chi connectivity index (χ1v) is 7.59. The minimum Gasteiger partial charge on any atom is -0.442 e. The highest BCUT2D eigenvalue weighted by atomic mass is 16.7. The Morgan fingerprint density at radius 2 is 1.77 bits per heavy atom. The molecule has 22 heavy (non-hydrogen) atoms. The molecule has 2 aliphatic rings. The van der Waals surface area contributed by atoms with Gasteiger partial charge in [-0.05, 0) is 53.9 Å². The van der Waals surface area contributed by atoms with Crippen LogP contribution in [0.2, 0.25) is 0 Å². The lowest BCUT2D eigenvalue weighted by Gasteiger charge is -2.32. The smallest absolute Gasteiger partial charge is 0.442 e. The van der Waals surface area contributed by atoms with Crippen molar-refractivity contribution in [2.45, 2.75) is 65.3 Å². The van der Waals surface area contributed by atoms with Gasteiger partial charge in [0, 0.05) is 0 Å².